The number of halogens is 4. The molecular weight excluding hydrogens is 448 g/mol. The largest absolute Gasteiger partial charge is 0.573 e. The normalized spacial score (nSPS) is 18.7. The maximum Gasteiger partial charge on any atom is 0.573 e. The van der Waals surface area contributed by atoms with Crippen molar-refractivity contribution < 1.29 is 17.9 Å². The van der Waals surface area contributed by atoms with Crippen LogP contribution in [0.15, 0.2) is 29.3 Å². The van der Waals surface area contributed by atoms with E-state index in [-0.39, 0.29) is 42.2 Å². The summed E-state index contributed by atoms with van der Waals surface area (Å²) >= 11 is 0. The van der Waals surface area contributed by atoms with E-state index in [0.29, 0.717) is 18.2 Å². The van der Waals surface area contributed by atoms with E-state index in [1.54, 1.807) is 6.07 Å². The minimum Gasteiger partial charge on any atom is -0.405 e. The highest BCUT2D eigenvalue weighted by atomic mass is 127. The summed E-state index contributed by atoms with van der Waals surface area (Å²) in [7, 11) is 0. The van der Waals surface area contributed by atoms with Gasteiger partial charge in [-0.2, -0.15) is 0 Å². The van der Waals surface area contributed by atoms with Crippen LogP contribution in [0, 0.1) is 0 Å². The Hall–Kier alpha value is -1.23. The molecule has 1 heterocycles. The van der Waals surface area contributed by atoms with Crippen molar-refractivity contribution >= 4 is 29.9 Å². The standard InChI is InChI=1S/C16H23F3N4O.HI/c1-2-23-9-5-7-13(23)11-22-15(20)21-10-12-6-3-4-8-14(12)24-16(17,18)19;/h3-4,6,8,13H,2,5,7,9-11H2,1H3,(H3,20,21,22);1H. The van der Waals surface area contributed by atoms with E-state index >= 15 is 0 Å². The minimum atomic E-state index is -4.73. The van der Waals surface area contributed by atoms with Crippen molar-refractivity contribution in [3.63, 3.8) is 0 Å². The van der Waals surface area contributed by atoms with Crippen LogP contribution in [0.1, 0.15) is 25.3 Å². The van der Waals surface area contributed by atoms with Gasteiger partial charge in [0.25, 0.3) is 0 Å². The Bertz CT molecular complexity index is 569. The summed E-state index contributed by atoms with van der Waals surface area (Å²) in [6, 6.07) is 6.34. The first-order valence-corrected chi connectivity index (χ1v) is 8.00. The fraction of sp³-hybridized carbons (Fsp3) is 0.562. The molecule has 0 saturated carbocycles. The molecule has 0 amide bonds. The van der Waals surface area contributed by atoms with Crippen molar-refractivity contribution in [2.45, 2.75) is 38.7 Å². The molecule has 1 atom stereocenters. The summed E-state index contributed by atoms with van der Waals surface area (Å²) < 4.78 is 41.2. The van der Waals surface area contributed by atoms with E-state index < -0.39 is 6.36 Å². The maximum atomic E-state index is 12.4. The number of rotatable bonds is 6. The zero-order chi connectivity index (χ0) is 17.6. The molecule has 9 heteroatoms. The molecule has 0 aliphatic carbocycles. The summed E-state index contributed by atoms with van der Waals surface area (Å²) in [5.41, 5.74) is 6.15. The van der Waals surface area contributed by atoms with Crippen LogP contribution < -0.4 is 15.8 Å². The van der Waals surface area contributed by atoms with Gasteiger partial charge in [-0.15, -0.1) is 37.1 Å². The van der Waals surface area contributed by atoms with E-state index in [2.05, 4.69) is 26.9 Å². The molecule has 142 valence electrons. The van der Waals surface area contributed by atoms with Gasteiger partial charge in [-0.25, -0.2) is 4.99 Å². The molecule has 1 aromatic rings. The van der Waals surface area contributed by atoms with Gasteiger partial charge in [0.15, 0.2) is 5.96 Å². The fourth-order valence-corrected chi connectivity index (χ4v) is 2.85. The van der Waals surface area contributed by atoms with E-state index in [4.69, 9.17) is 5.73 Å². The Morgan fingerprint density at radius 2 is 2.12 bits per heavy atom. The van der Waals surface area contributed by atoms with E-state index in [1.807, 2.05) is 0 Å². The van der Waals surface area contributed by atoms with Crippen molar-refractivity contribution in [2.75, 3.05) is 19.6 Å². The maximum absolute atomic E-state index is 12.4. The molecule has 25 heavy (non-hydrogen) atoms. The third-order valence-electron chi connectivity index (χ3n) is 4.04. The number of para-hydroxylation sites is 1. The monoisotopic (exact) mass is 472 g/mol. The molecule has 1 aliphatic rings. The lowest BCUT2D eigenvalue weighted by atomic mass is 10.2. The smallest absolute Gasteiger partial charge is 0.405 e. The van der Waals surface area contributed by atoms with Crippen LogP contribution in [0.2, 0.25) is 0 Å². The van der Waals surface area contributed by atoms with E-state index in [0.717, 1.165) is 19.5 Å². The Labute approximate surface area is 162 Å². The van der Waals surface area contributed by atoms with Crippen LogP contribution >= 0.6 is 24.0 Å². The van der Waals surface area contributed by atoms with E-state index in [1.165, 1.54) is 24.6 Å². The minimum absolute atomic E-state index is 0. The van der Waals surface area contributed by atoms with Gasteiger partial charge in [0, 0.05) is 18.2 Å². The fourth-order valence-electron chi connectivity index (χ4n) is 2.85. The molecule has 0 radical (unpaired) electrons. The predicted molar refractivity (Wildman–Crippen MR) is 102 cm³/mol. The molecule has 1 aromatic carbocycles. The number of benzene rings is 1. The second kappa shape index (κ2) is 10.0. The van der Waals surface area contributed by atoms with Gasteiger partial charge in [-0.05, 0) is 32.0 Å². The first-order chi connectivity index (χ1) is 11.4. The molecule has 1 aliphatic heterocycles. The Morgan fingerprint density at radius 3 is 2.80 bits per heavy atom. The predicted octanol–water partition coefficient (Wildman–Crippen LogP) is 3.09. The number of nitrogens with one attached hydrogen (secondary N) is 1. The number of hydrogen-bond donors (Lipinski definition) is 2. The van der Waals surface area contributed by atoms with Gasteiger partial charge in [0.2, 0.25) is 0 Å². The summed E-state index contributed by atoms with van der Waals surface area (Å²) in [6.45, 7) is 4.90. The van der Waals surface area contributed by atoms with Crippen LogP contribution in [0.25, 0.3) is 0 Å². The highest BCUT2D eigenvalue weighted by molar-refractivity contribution is 14.0. The average Bonchev–Trinajstić information content (AvgIpc) is 2.98. The van der Waals surface area contributed by atoms with Gasteiger partial charge in [-0.1, -0.05) is 25.1 Å². The number of nitrogens with two attached hydrogens (primary N) is 1. The van der Waals surface area contributed by atoms with Crippen molar-refractivity contribution in [3.05, 3.63) is 29.8 Å². The SMILES string of the molecule is CCN1CCCC1CNC(N)=NCc1ccccc1OC(F)(F)F.I. The molecular formula is C16H24F3IN4O. The lowest BCUT2D eigenvalue weighted by molar-refractivity contribution is -0.274. The molecule has 0 spiro atoms. The summed E-state index contributed by atoms with van der Waals surface area (Å²) in [4.78, 5) is 6.48. The third-order valence-corrected chi connectivity index (χ3v) is 4.04. The molecule has 0 aromatic heterocycles. The van der Waals surface area contributed by atoms with Gasteiger partial charge in [0.05, 0.1) is 6.54 Å². The van der Waals surface area contributed by atoms with Gasteiger partial charge in [-0.3, -0.25) is 4.90 Å². The van der Waals surface area contributed by atoms with Crippen molar-refractivity contribution in [1.82, 2.24) is 10.2 Å². The van der Waals surface area contributed by atoms with Crippen LogP contribution in [0.4, 0.5) is 13.2 Å². The molecule has 2 rings (SSSR count). The lowest BCUT2D eigenvalue weighted by Gasteiger charge is -2.23. The Morgan fingerprint density at radius 1 is 1.40 bits per heavy atom. The number of aliphatic imine (C=N–C) groups is 1. The van der Waals surface area contributed by atoms with Crippen molar-refractivity contribution in [2.24, 2.45) is 10.7 Å². The number of guanidine groups is 1. The molecule has 1 unspecified atom stereocenters. The second-order valence-corrected chi connectivity index (χ2v) is 5.66. The number of hydrogen-bond acceptors (Lipinski definition) is 3. The number of alkyl halides is 3. The molecule has 1 saturated heterocycles. The highest BCUT2D eigenvalue weighted by Gasteiger charge is 2.31. The summed E-state index contributed by atoms with van der Waals surface area (Å²) in [5.74, 6) is -0.0331. The zero-order valence-corrected chi connectivity index (χ0v) is 16.4. The molecule has 5 nitrogen and oxygen atoms in total. The van der Waals surface area contributed by atoms with Crippen LogP contribution in [-0.4, -0.2) is 42.9 Å². The van der Waals surface area contributed by atoms with Crippen LogP contribution in [0.3, 0.4) is 0 Å². The lowest BCUT2D eigenvalue weighted by Crippen LogP contribution is -2.42. The topological polar surface area (TPSA) is 62.9 Å². The second-order valence-electron chi connectivity index (χ2n) is 5.66. The number of likely N-dealkylation sites (N-methyl/N-ethyl adjacent to an activating group) is 1. The van der Waals surface area contributed by atoms with Crippen molar-refractivity contribution in [3.8, 4) is 5.75 Å². The number of ether oxygens (including phenoxy) is 1. The first kappa shape index (κ1) is 21.8. The highest BCUT2D eigenvalue weighted by Crippen LogP contribution is 2.26. The Kier molecular flexibility index (Phi) is 8.77. The third kappa shape index (κ3) is 7.27. The van der Waals surface area contributed by atoms with Gasteiger partial charge >= 0.3 is 6.36 Å². The van der Waals surface area contributed by atoms with Crippen LogP contribution in [0.5, 0.6) is 5.75 Å². The van der Waals surface area contributed by atoms with Gasteiger partial charge in [0.1, 0.15) is 5.75 Å². The zero-order valence-electron chi connectivity index (χ0n) is 14.1. The van der Waals surface area contributed by atoms with Gasteiger partial charge < -0.3 is 15.8 Å². The van der Waals surface area contributed by atoms with Crippen molar-refractivity contribution in [1.29, 1.82) is 0 Å². The van der Waals surface area contributed by atoms with Crippen LogP contribution in [-0.2, 0) is 6.54 Å². The quantitative estimate of drug-likeness (QED) is 0.380. The Balaban J connectivity index is 0.00000312. The average molecular weight is 472 g/mol. The first-order valence-electron chi connectivity index (χ1n) is 8.00. The number of nitrogens with zero attached hydrogens (tertiary/aromatic N) is 2. The summed E-state index contributed by atoms with van der Waals surface area (Å²) in [5, 5.41) is 3.05. The molecule has 3 N–H and O–H groups in total. The van der Waals surface area contributed by atoms with E-state index in [9.17, 15) is 13.2 Å². The molecule has 0 bridgehead atoms. The number of likely N-dealkylation sites (tertiary alicyclic amines) is 1. The summed E-state index contributed by atoms with van der Waals surface area (Å²) in [6.07, 6.45) is -2.45. The molecule has 1 fully saturated rings.